The summed E-state index contributed by atoms with van der Waals surface area (Å²) in [6.45, 7) is -0.184. The van der Waals surface area contributed by atoms with Crippen molar-refractivity contribution in [3.05, 3.63) is 39.4 Å². The number of hydrogen-bond acceptors (Lipinski definition) is 6. The van der Waals surface area contributed by atoms with Crippen LogP contribution in [0, 0.1) is 16.0 Å². The van der Waals surface area contributed by atoms with Crippen LogP contribution in [0.3, 0.4) is 0 Å². The van der Waals surface area contributed by atoms with E-state index in [1.54, 1.807) is 0 Å². The topological polar surface area (TPSA) is 127 Å². The minimum absolute atomic E-state index is 0.0167. The molecule has 8 nitrogen and oxygen atoms in total. The van der Waals surface area contributed by atoms with E-state index in [0.717, 1.165) is 0 Å². The molecule has 11 heteroatoms. The van der Waals surface area contributed by atoms with Crippen LogP contribution in [0.4, 0.5) is 18.9 Å². The SMILES string of the molecule is O=C(O)CCN=C1CCCC(=O)C1C(=O)c1ccc(C(F)(F)F)cc1[N+](=O)[O-]. The fraction of sp³-hybridized carbons (Fsp3) is 0.412. The number of carboxylic acids is 1. The highest BCUT2D eigenvalue weighted by Gasteiger charge is 2.39. The van der Waals surface area contributed by atoms with E-state index >= 15 is 0 Å². The Kier molecular flexibility index (Phi) is 6.26. The van der Waals surface area contributed by atoms with Crippen LogP contribution in [0.2, 0.25) is 0 Å². The molecule has 0 spiro atoms. The first-order chi connectivity index (χ1) is 13.0. The zero-order valence-electron chi connectivity index (χ0n) is 14.4. The molecular formula is C17H15F3N2O6. The summed E-state index contributed by atoms with van der Waals surface area (Å²) in [6, 6.07) is 1.47. The fourth-order valence-electron chi connectivity index (χ4n) is 2.90. The molecule has 28 heavy (non-hydrogen) atoms. The molecule has 1 fully saturated rings. The third-order valence-corrected chi connectivity index (χ3v) is 4.20. The average Bonchev–Trinajstić information content (AvgIpc) is 2.59. The van der Waals surface area contributed by atoms with Crippen molar-refractivity contribution in [1.29, 1.82) is 0 Å². The van der Waals surface area contributed by atoms with Crippen LogP contribution >= 0.6 is 0 Å². The lowest BCUT2D eigenvalue weighted by Crippen LogP contribution is -2.36. The maximum absolute atomic E-state index is 12.8. The van der Waals surface area contributed by atoms with Gasteiger partial charge in [-0.1, -0.05) is 0 Å². The maximum atomic E-state index is 12.8. The predicted octanol–water partition coefficient (Wildman–Crippen LogP) is 3.08. The van der Waals surface area contributed by atoms with E-state index in [9.17, 15) is 37.7 Å². The van der Waals surface area contributed by atoms with Crippen molar-refractivity contribution in [3.8, 4) is 0 Å². The molecule has 1 N–H and O–H groups in total. The molecule has 150 valence electrons. The molecule has 1 aliphatic rings. The number of nitro groups is 1. The Morgan fingerprint density at radius 1 is 1.29 bits per heavy atom. The van der Waals surface area contributed by atoms with E-state index in [0.29, 0.717) is 18.6 Å². The van der Waals surface area contributed by atoms with Gasteiger partial charge in [-0.05, 0) is 25.0 Å². The summed E-state index contributed by atoms with van der Waals surface area (Å²) >= 11 is 0. The number of benzene rings is 1. The predicted molar refractivity (Wildman–Crippen MR) is 89.3 cm³/mol. The van der Waals surface area contributed by atoms with Gasteiger partial charge in [-0.3, -0.25) is 29.5 Å². The first-order valence-corrected chi connectivity index (χ1v) is 8.20. The van der Waals surface area contributed by atoms with Crippen LogP contribution in [0.15, 0.2) is 23.2 Å². The van der Waals surface area contributed by atoms with Gasteiger partial charge in [0.2, 0.25) is 0 Å². The lowest BCUT2D eigenvalue weighted by Gasteiger charge is -2.22. The number of aliphatic carboxylic acids is 1. The first-order valence-electron chi connectivity index (χ1n) is 8.20. The van der Waals surface area contributed by atoms with Crippen molar-refractivity contribution in [2.45, 2.75) is 31.9 Å². The number of Topliss-reactive ketones (excluding diaryl/α,β-unsaturated/α-hetero) is 2. The minimum Gasteiger partial charge on any atom is -0.481 e. The smallest absolute Gasteiger partial charge is 0.416 e. The normalized spacial score (nSPS) is 18.9. The number of carbonyl (C=O) groups is 3. The van der Waals surface area contributed by atoms with Gasteiger partial charge in [-0.25, -0.2) is 0 Å². The Hall–Kier alpha value is -3.11. The first kappa shape index (κ1) is 21.2. The third-order valence-electron chi connectivity index (χ3n) is 4.20. The van der Waals surface area contributed by atoms with E-state index in [-0.39, 0.29) is 37.6 Å². The van der Waals surface area contributed by atoms with Crippen LogP contribution in [0.5, 0.6) is 0 Å². The second-order valence-corrected chi connectivity index (χ2v) is 6.12. The molecule has 0 bridgehead atoms. The van der Waals surface area contributed by atoms with Crippen LogP contribution in [-0.2, 0) is 15.8 Å². The number of rotatable bonds is 6. The van der Waals surface area contributed by atoms with Gasteiger partial charge in [-0.15, -0.1) is 0 Å². The maximum Gasteiger partial charge on any atom is 0.416 e. The van der Waals surface area contributed by atoms with E-state index in [2.05, 4.69) is 4.99 Å². The van der Waals surface area contributed by atoms with Crippen LogP contribution < -0.4 is 0 Å². The minimum atomic E-state index is -4.84. The Bertz CT molecular complexity index is 863. The Labute approximate surface area is 156 Å². The molecule has 1 saturated carbocycles. The van der Waals surface area contributed by atoms with Crippen molar-refractivity contribution in [3.63, 3.8) is 0 Å². The van der Waals surface area contributed by atoms with E-state index in [4.69, 9.17) is 5.11 Å². The van der Waals surface area contributed by atoms with Crippen LogP contribution in [0.1, 0.15) is 41.6 Å². The number of aliphatic imine (C=N–C) groups is 1. The lowest BCUT2D eigenvalue weighted by molar-refractivity contribution is -0.385. The Morgan fingerprint density at radius 3 is 2.54 bits per heavy atom. The molecule has 1 aliphatic carbocycles. The summed E-state index contributed by atoms with van der Waals surface area (Å²) < 4.78 is 38.5. The quantitative estimate of drug-likeness (QED) is 0.338. The number of hydrogen-bond donors (Lipinski definition) is 1. The molecule has 0 radical (unpaired) electrons. The summed E-state index contributed by atoms with van der Waals surface area (Å²) in [5.74, 6) is -4.16. The molecule has 1 unspecified atom stereocenters. The van der Waals surface area contributed by atoms with E-state index in [1.165, 1.54) is 0 Å². The second-order valence-electron chi connectivity index (χ2n) is 6.12. The second kappa shape index (κ2) is 8.28. The summed E-state index contributed by atoms with van der Waals surface area (Å²) in [7, 11) is 0. The number of ketones is 2. The van der Waals surface area contributed by atoms with Gasteiger partial charge in [-0.2, -0.15) is 13.2 Å². The van der Waals surface area contributed by atoms with Crippen molar-refractivity contribution < 1.29 is 37.6 Å². The average molecular weight is 400 g/mol. The molecule has 0 heterocycles. The van der Waals surface area contributed by atoms with Gasteiger partial charge in [0.05, 0.1) is 22.5 Å². The van der Waals surface area contributed by atoms with Crippen molar-refractivity contribution in [2.75, 3.05) is 6.54 Å². The van der Waals surface area contributed by atoms with Crippen molar-refractivity contribution in [1.82, 2.24) is 0 Å². The number of nitrogens with zero attached hydrogens (tertiary/aromatic N) is 2. The fourth-order valence-corrected chi connectivity index (χ4v) is 2.90. The van der Waals surface area contributed by atoms with Crippen molar-refractivity contribution >= 4 is 28.9 Å². The van der Waals surface area contributed by atoms with Gasteiger partial charge >= 0.3 is 12.1 Å². The van der Waals surface area contributed by atoms with E-state index in [1.807, 2.05) is 0 Å². The lowest BCUT2D eigenvalue weighted by atomic mass is 9.80. The summed E-state index contributed by atoms with van der Waals surface area (Å²) in [5.41, 5.74) is -2.87. The van der Waals surface area contributed by atoms with Gasteiger partial charge in [0, 0.05) is 24.7 Å². The third kappa shape index (κ3) is 4.78. The van der Waals surface area contributed by atoms with Gasteiger partial charge < -0.3 is 5.11 Å². The Morgan fingerprint density at radius 2 is 1.96 bits per heavy atom. The van der Waals surface area contributed by atoms with Gasteiger partial charge in [0.25, 0.3) is 5.69 Å². The summed E-state index contributed by atoms with van der Waals surface area (Å²) in [5, 5.41) is 19.9. The van der Waals surface area contributed by atoms with E-state index < -0.39 is 51.4 Å². The molecule has 1 aromatic rings. The molecule has 1 aromatic carbocycles. The number of carboxylic acid groups (broad SMARTS) is 1. The Balaban J connectivity index is 2.45. The number of alkyl halides is 3. The zero-order valence-corrected chi connectivity index (χ0v) is 14.4. The summed E-state index contributed by atoms with van der Waals surface area (Å²) in [4.78, 5) is 49.7. The molecule has 2 rings (SSSR count). The van der Waals surface area contributed by atoms with Crippen molar-refractivity contribution in [2.24, 2.45) is 10.9 Å². The molecule has 0 saturated heterocycles. The molecule has 0 aliphatic heterocycles. The largest absolute Gasteiger partial charge is 0.481 e. The van der Waals surface area contributed by atoms with Gasteiger partial charge in [0.1, 0.15) is 11.7 Å². The summed E-state index contributed by atoms with van der Waals surface area (Å²) in [6.07, 6.45) is -4.56. The zero-order chi connectivity index (χ0) is 21.1. The highest BCUT2D eigenvalue weighted by molar-refractivity contribution is 6.27. The molecule has 0 aromatic heterocycles. The molecule has 0 amide bonds. The number of carbonyl (C=O) groups excluding carboxylic acids is 2. The highest BCUT2D eigenvalue weighted by atomic mass is 19.4. The van der Waals surface area contributed by atoms with Gasteiger partial charge in [0.15, 0.2) is 5.78 Å². The number of nitro benzene ring substituents is 1. The molecule has 1 atom stereocenters. The molecular weight excluding hydrogens is 385 g/mol. The monoisotopic (exact) mass is 400 g/mol. The van der Waals surface area contributed by atoms with Crippen LogP contribution in [0.25, 0.3) is 0 Å². The standard InChI is InChI=1S/C17H15F3N2O6/c18-17(19,20)9-4-5-10(12(8-9)22(27)28)16(26)15-11(2-1-3-13(15)23)21-7-6-14(24)25/h4-5,8,15H,1-3,6-7H2,(H,24,25). The van der Waals surface area contributed by atoms with Crippen LogP contribution in [-0.4, -0.2) is 39.8 Å². The number of halogens is 3. The highest BCUT2D eigenvalue weighted by Crippen LogP contribution is 2.34.